The Morgan fingerprint density at radius 2 is 1.89 bits per heavy atom. The summed E-state index contributed by atoms with van der Waals surface area (Å²) in [5, 5.41) is 6.58. The average molecular weight is 543 g/mol. The molecule has 0 unspecified atom stereocenters. The Hall–Kier alpha value is -4.35. The highest BCUT2D eigenvalue weighted by atomic mass is 32.1. The molecule has 0 saturated heterocycles. The summed E-state index contributed by atoms with van der Waals surface area (Å²) >= 11 is 2.87. The predicted octanol–water partition coefficient (Wildman–Crippen LogP) is 4.22. The van der Waals surface area contributed by atoms with Crippen LogP contribution in [0.4, 0.5) is 11.5 Å². The summed E-state index contributed by atoms with van der Waals surface area (Å²) in [6.07, 6.45) is 4.04. The van der Waals surface area contributed by atoms with Crippen molar-refractivity contribution in [3.63, 3.8) is 0 Å². The van der Waals surface area contributed by atoms with E-state index in [0.717, 1.165) is 25.4 Å². The number of carbonyl (C=O) groups excluding carboxylic acids is 2. The molecule has 2 amide bonds. The topological polar surface area (TPSA) is 132 Å². The van der Waals surface area contributed by atoms with Crippen LogP contribution in [0.25, 0.3) is 20.5 Å². The number of nitrogen functional groups attached to an aromatic ring is 1. The second-order valence-electron chi connectivity index (χ2n) is 8.88. The van der Waals surface area contributed by atoms with Crippen LogP contribution in [0.15, 0.2) is 71.8 Å². The Morgan fingerprint density at radius 1 is 1.05 bits per heavy atom. The summed E-state index contributed by atoms with van der Waals surface area (Å²) in [7, 11) is 0. The van der Waals surface area contributed by atoms with Crippen molar-refractivity contribution in [2.45, 2.75) is 25.4 Å². The van der Waals surface area contributed by atoms with Gasteiger partial charge in [-0.3, -0.25) is 19.0 Å². The molecule has 190 valence electrons. The van der Waals surface area contributed by atoms with Gasteiger partial charge in [-0.1, -0.05) is 30.3 Å². The Morgan fingerprint density at radius 3 is 2.74 bits per heavy atom. The van der Waals surface area contributed by atoms with Crippen LogP contribution in [0.5, 0.6) is 0 Å². The number of thiophene rings is 2. The van der Waals surface area contributed by atoms with E-state index in [2.05, 4.69) is 20.6 Å². The van der Waals surface area contributed by atoms with E-state index in [4.69, 9.17) is 5.73 Å². The molecule has 0 fully saturated rings. The second kappa shape index (κ2) is 9.84. The lowest BCUT2D eigenvalue weighted by Crippen LogP contribution is -2.36. The Balaban J connectivity index is 1.17. The molecular weight excluding hydrogens is 520 g/mol. The fraction of sp³-hybridized carbons (Fsp3) is 0.148. The van der Waals surface area contributed by atoms with Crippen molar-refractivity contribution in [1.82, 2.24) is 19.9 Å². The van der Waals surface area contributed by atoms with Gasteiger partial charge in [0.15, 0.2) is 0 Å². The fourth-order valence-electron chi connectivity index (χ4n) is 4.52. The van der Waals surface area contributed by atoms with E-state index >= 15 is 0 Å². The van der Waals surface area contributed by atoms with Crippen molar-refractivity contribution in [1.29, 1.82) is 0 Å². The van der Waals surface area contributed by atoms with Crippen LogP contribution in [0.3, 0.4) is 0 Å². The maximum Gasteiger partial charge on any atom is 0.278 e. The summed E-state index contributed by atoms with van der Waals surface area (Å²) in [5.74, 6) is 0.314. The third-order valence-corrected chi connectivity index (χ3v) is 8.60. The molecule has 0 spiro atoms. The molecule has 0 aliphatic carbocycles. The van der Waals surface area contributed by atoms with Gasteiger partial charge >= 0.3 is 0 Å². The molecule has 11 heteroatoms. The van der Waals surface area contributed by atoms with Gasteiger partial charge in [0.05, 0.1) is 17.6 Å². The maximum atomic E-state index is 13.3. The van der Waals surface area contributed by atoms with Gasteiger partial charge < -0.3 is 16.4 Å². The van der Waals surface area contributed by atoms with Crippen molar-refractivity contribution in [3.8, 4) is 10.4 Å². The maximum absolute atomic E-state index is 13.3. The number of hydrogen-bond donors (Lipinski definition) is 3. The normalized spacial score (nSPS) is 14.4. The van der Waals surface area contributed by atoms with Gasteiger partial charge in [-0.05, 0) is 36.2 Å². The number of nitrogens with zero attached hydrogens (tertiary/aromatic N) is 3. The number of hydrogen-bond acceptors (Lipinski definition) is 8. The van der Waals surface area contributed by atoms with Gasteiger partial charge in [0.1, 0.15) is 23.4 Å². The number of rotatable bonds is 6. The second-order valence-corrected chi connectivity index (χ2v) is 11.1. The number of fused-ring (bicyclic) bond motifs is 2. The van der Waals surface area contributed by atoms with Gasteiger partial charge in [-0.15, -0.1) is 22.7 Å². The van der Waals surface area contributed by atoms with Gasteiger partial charge in [0.25, 0.3) is 11.5 Å². The molecule has 1 aliphatic rings. The van der Waals surface area contributed by atoms with Gasteiger partial charge in [-0.25, -0.2) is 9.97 Å². The van der Waals surface area contributed by atoms with Crippen LogP contribution in [0, 0.1) is 0 Å². The highest BCUT2D eigenvalue weighted by molar-refractivity contribution is 7.19. The zero-order valence-electron chi connectivity index (χ0n) is 20.0. The number of pyridine rings is 1. The quantitative estimate of drug-likeness (QED) is 0.294. The molecule has 5 aromatic rings. The average Bonchev–Trinajstić information content (AvgIpc) is 3.67. The van der Waals surface area contributed by atoms with E-state index in [1.807, 2.05) is 42.5 Å². The number of nitrogens with one attached hydrogen (secondary N) is 2. The molecule has 4 aromatic heterocycles. The van der Waals surface area contributed by atoms with E-state index in [1.54, 1.807) is 18.3 Å². The minimum Gasteiger partial charge on any atom is -0.384 e. The number of nitrogens with two attached hydrogens (primary N) is 1. The molecule has 0 bridgehead atoms. The molecular formula is C27H22N6O3S2. The van der Waals surface area contributed by atoms with Gasteiger partial charge in [-0.2, -0.15) is 0 Å². The first-order valence-corrected chi connectivity index (χ1v) is 13.6. The SMILES string of the molecule is Nc1cc2sc(CNC(=O)[C@@H]3CCc4ncc(NC(=O)c5ccc(-c6ccccc6)s5)c(=O)n43)cc2cn1. The molecule has 1 atom stereocenters. The lowest BCUT2D eigenvalue weighted by atomic mass is 10.2. The fourth-order valence-corrected chi connectivity index (χ4v) is 6.45. The molecule has 4 N–H and O–H groups in total. The van der Waals surface area contributed by atoms with Crippen LogP contribution in [-0.4, -0.2) is 26.3 Å². The highest BCUT2D eigenvalue weighted by Crippen LogP contribution is 2.29. The largest absolute Gasteiger partial charge is 0.384 e. The van der Waals surface area contributed by atoms with Crippen molar-refractivity contribution in [3.05, 3.63) is 92.9 Å². The van der Waals surface area contributed by atoms with E-state index < -0.39 is 17.5 Å². The zero-order chi connectivity index (χ0) is 26.2. The minimum atomic E-state index is -0.694. The Labute approximate surface area is 225 Å². The number of carbonyl (C=O) groups is 2. The molecule has 0 radical (unpaired) electrons. The third kappa shape index (κ3) is 4.57. The van der Waals surface area contributed by atoms with E-state index in [0.29, 0.717) is 35.9 Å². The Bertz CT molecular complexity index is 1740. The number of benzene rings is 1. The van der Waals surface area contributed by atoms with Gasteiger partial charge in [0.2, 0.25) is 5.91 Å². The van der Waals surface area contributed by atoms with E-state index in [1.165, 1.54) is 33.4 Å². The van der Waals surface area contributed by atoms with Crippen molar-refractivity contribution < 1.29 is 9.59 Å². The third-order valence-electron chi connectivity index (χ3n) is 6.37. The summed E-state index contributed by atoms with van der Waals surface area (Å²) in [5.41, 5.74) is 6.38. The lowest BCUT2D eigenvalue weighted by Gasteiger charge is -2.15. The number of aryl methyl sites for hydroxylation is 1. The zero-order valence-corrected chi connectivity index (χ0v) is 21.6. The summed E-state index contributed by atoms with van der Waals surface area (Å²) in [6, 6.07) is 16.4. The summed E-state index contributed by atoms with van der Waals surface area (Å²) < 4.78 is 2.39. The van der Waals surface area contributed by atoms with Crippen molar-refractivity contribution in [2.24, 2.45) is 0 Å². The minimum absolute atomic E-state index is 0.0442. The molecule has 38 heavy (non-hydrogen) atoms. The first kappa shape index (κ1) is 24.0. The van der Waals surface area contributed by atoms with Crippen LogP contribution in [-0.2, 0) is 17.8 Å². The predicted molar refractivity (Wildman–Crippen MR) is 149 cm³/mol. The summed E-state index contributed by atoms with van der Waals surface area (Å²) in [6.45, 7) is 0.324. The van der Waals surface area contributed by atoms with E-state index in [-0.39, 0.29) is 11.6 Å². The Kier molecular flexibility index (Phi) is 6.22. The highest BCUT2D eigenvalue weighted by Gasteiger charge is 2.31. The lowest BCUT2D eigenvalue weighted by molar-refractivity contribution is -0.124. The van der Waals surface area contributed by atoms with Crippen LogP contribution < -0.4 is 21.9 Å². The smallest absolute Gasteiger partial charge is 0.278 e. The van der Waals surface area contributed by atoms with Crippen LogP contribution in [0.2, 0.25) is 0 Å². The van der Waals surface area contributed by atoms with Gasteiger partial charge in [0, 0.05) is 32.5 Å². The van der Waals surface area contributed by atoms with Crippen molar-refractivity contribution >= 4 is 56.1 Å². The first-order valence-electron chi connectivity index (χ1n) is 11.9. The number of anilines is 2. The standard InChI is InChI=1S/C27H22N6O3S2/c28-23-11-22-16(12-29-23)10-17(37-22)13-31-25(34)19-6-9-24-30-14-18(27(36)33(19)24)32-26(35)21-8-7-20(38-21)15-4-2-1-3-5-15/h1-5,7-8,10-12,14,19H,6,9,13H2,(H2,28,29)(H,31,34)(H,32,35)/t19-/m0/s1. The molecule has 1 aliphatic heterocycles. The van der Waals surface area contributed by atoms with Crippen LogP contribution >= 0.6 is 22.7 Å². The monoisotopic (exact) mass is 542 g/mol. The van der Waals surface area contributed by atoms with Crippen LogP contribution in [0.1, 0.15) is 32.8 Å². The molecule has 9 nitrogen and oxygen atoms in total. The van der Waals surface area contributed by atoms with E-state index in [9.17, 15) is 14.4 Å². The van der Waals surface area contributed by atoms with Crippen molar-refractivity contribution in [2.75, 3.05) is 11.1 Å². The number of aromatic nitrogens is 3. The summed E-state index contributed by atoms with van der Waals surface area (Å²) in [4.78, 5) is 50.2. The molecule has 1 aromatic carbocycles. The molecule has 5 heterocycles. The molecule has 0 saturated carbocycles. The molecule has 6 rings (SSSR count). The first-order chi connectivity index (χ1) is 18.5. The number of amides is 2.